The van der Waals surface area contributed by atoms with Crippen LogP contribution in [0.1, 0.15) is 67.5 Å². The predicted octanol–water partition coefficient (Wildman–Crippen LogP) is 2.13. The Kier molecular flexibility index (Phi) is 6.88. The van der Waals surface area contributed by atoms with Gasteiger partial charge in [0.1, 0.15) is 6.04 Å². The SMILES string of the molecule is CCCC[C@H](NC(=O)c1cccc(-n2cccn2)c1)C(=O)N[C@H]1CCC[C@H]1c1nn[nH]n1. The van der Waals surface area contributed by atoms with Gasteiger partial charge in [-0.2, -0.15) is 10.3 Å². The van der Waals surface area contributed by atoms with Gasteiger partial charge in [0.15, 0.2) is 5.82 Å². The van der Waals surface area contributed by atoms with Crippen LogP contribution in [0.3, 0.4) is 0 Å². The molecule has 1 aliphatic rings. The number of carbonyl (C=O) groups excluding carboxylic acids is 2. The van der Waals surface area contributed by atoms with Gasteiger partial charge in [-0.3, -0.25) is 9.59 Å². The molecule has 2 aromatic heterocycles. The topological polar surface area (TPSA) is 130 Å². The molecule has 0 radical (unpaired) electrons. The molecular formula is C22H28N8O2. The summed E-state index contributed by atoms with van der Waals surface area (Å²) in [6, 6.07) is 8.33. The van der Waals surface area contributed by atoms with Gasteiger partial charge in [0.2, 0.25) is 5.91 Å². The zero-order valence-corrected chi connectivity index (χ0v) is 18.1. The summed E-state index contributed by atoms with van der Waals surface area (Å²) in [4.78, 5) is 26.1. The highest BCUT2D eigenvalue weighted by Crippen LogP contribution is 2.32. The van der Waals surface area contributed by atoms with E-state index in [1.54, 1.807) is 29.1 Å². The molecule has 2 amide bonds. The Morgan fingerprint density at radius 1 is 1.28 bits per heavy atom. The first kappa shape index (κ1) is 21.7. The molecule has 1 fully saturated rings. The Hall–Kier alpha value is -3.56. The van der Waals surface area contributed by atoms with Gasteiger partial charge >= 0.3 is 0 Å². The standard InChI is InChI=1S/C22H28N8O2/c1-2-3-10-19(22(32)24-18-11-5-9-17(18)20-26-28-29-27-20)25-21(31)15-7-4-8-16(14-15)30-13-6-12-23-30/h4,6-8,12-14,17-19H,2-3,5,9-11H2,1H3,(H,24,32)(H,25,31)(H,26,27,28,29)/t17-,18+,19+/m1/s1. The highest BCUT2D eigenvalue weighted by atomic mass is 16.2. The molecule has 10 heteroatoms. The first-order chi connectivity index (χ1) is 15.7. The average molecular weight is 437 g/mol. The highest BCUT2D eigenvalue weighted by Gasteiger charge is 2.34. The molecule has 1 saturated carbocycles. The number of H-pyrrole nitrogens is 1. The van der Waals surface area contributed by atoms with Crippen molar-refractivity contribution in [3.05, 3.63) is 54.1 Å². The second kappa shape index (κ2) is 10.2. The summed E-state index contributed by atoms with van der Waals surface area (Å²) in [5, 5.41) is 24.6. The van der Waals surface area contributed by atoms with Gasteiger partial charge < -0.3 is 10.6 Å². The molecule has 0 saturated heterocycles. The zero-order chi connectivity index (χ0) is 22.3. The number of hydrogen-bond donors (Lipinski definition) is 3. The van der Waals surface area contributed by atoms with Crippen molar-refractivity contribution in [1.29, 1.82) is 0 Å². The third-order valence-electron chi connectivity index (χ3n) is 5.88. The monoisotopic (exact) mass is 436 g/mol. The molecule has 1 aromatic carbocycles. The average Bonchev–Trinajstić information content (AvgIpc) is 3.58. The van der Waals surface area contributed by atoms with Crippen molar-refractivity contribution in [2.75, 3.05) is 0 Å². The number of tetrazole rings is 1. The Bertz CT molecular complexity index is 1020. The predicted molar refractivity (Wildman–Crippen MR) is 117 cm³/mol. The van der Waals surface area contributed by atoms with Crippen molar-refractivity contribution < 1.29 is 9.59 Å². The lowest BCUT2D eigenvalue weighted by Gasteiger charge is -2.23. The molecule has 32 heavy (non-hydrogen) atoms. The Labute approximate surface area is 186 Å². The lowest BCUT2D eigenvalue weighted by atomic mass is 10.0. The summed E-state index contributed by atoms with van der Waals surface area (Å²) in [7, 11) is 0. The third-order valence-corrected chi connectivity index (χ3v) is 5.88. The van der Waals surface area contributed by atoms with E-state index in [1.807, 2.05) is 18.3 Å². The van der Waals surface area contributed by atoms with E-state index < -0.39 is 6.04 Å². The Morgan fingerprint density at radius 3 is 2.94 bits per heavy atom. The molecule has 0 spiro atoms. The van der Waals surface area contributed by atoms with Gasteiger partial charge in [0.05, 0.1) is 5.69 Å². The van der Waals surface area contributed by atoms with Crippen molar-refractivity contribution in [2.45, 2.75) is 63.5 Å². The minimum Gasteiger partial charge on any atom is -0.351 e. The van der Waals surface area contributed by atoms with E-state index in [-0.39, 0.29) is 23.8 Å². The lowest BCUT2D eigenvalue weighted by Crippen LogP contribution is -2.50. The first-order valence-electron chi connectivity index (χ1n) is 11.1. The van der Waals surface area contributed by atoms with Crippen LogP contribution in [0.15, 0.2) is 42.7 Å². The fourth-order valence-corrected chi connectivity index (χ4v) is 4.18. The number of carbonyl (C=O) groups is 2. The molecule has 1 aliphatic carbocycles. The maximum atomic E-state index is 13.1. The van der Waals surface area contributed by atoms with Gasteiger partial charge in [-0.05, 0) is 43.5 Å². The molecule has 3 atom stereocenters. The molecule has 0 bridgehead atoms. The van der Waals surface area contributed by atoms with Gasteiger partial charge in [0, 0.05) is 29.9 Å². The number of benzene rings is 1. The van der Waals surface area contributed by atoms with Crippen LogP contribution in [0.4, 0.5) is 0 Å². The normalized spacial score (nSPS) is 18.9. The van der Waals surface area contributed by atoms with E-state index in [4.69, 9.17) is 0 Å². The van der Waals surface area contributed by atoms with Crippen LogP contribution in [0, 0.1) is 0 Å². The summed E-state index contributed by atoms with van der Waals surface area (Å²) < 4.78 is 1.69. The summed E-state index contributed by atoms with van der Waals surface area (Å²) in [5.74, 6) is 0.204. The van der Waals surface area contributed by atoms with Crippen LogP contribution in [0.2, 0.25) is 0 Å². The van der Waals surface area contributed by atoms with Crippen molar-refractivity contribution in [3.8, 4) is 5.69 Å². The second-order valence-corrected chi connectivity index (χ2v) is 8.09. The molecule has 10 nitrogen and oxygen atoms in total. The van der Waals surface area contributed by atoms with Crippen molar-refractivity contribution in [2.24, 2.45) is 0 Å². The largest absolute Gasteiger partial charge is 0.351 e. The minimum atomic E-state index is -0.609. The minimum absolute atomic E-state index is 0.0333. The number of aromatic nitrogens is 6. The Balaban J connectivity index is 1.44. The molecule has 0 unspecified atom stereocenters. The number of amides is 2. The zero-order valence-electron chi connectivity index (χ0n) is 18.1. The van der Waals surface area contributed by atoms with E-state index in [1.165, 1.54) is 0 Å². The number of nitrogens with one attached hydrogen (secondary N) is 3. The molecule has 3 N–H and O–H groups in total. The van der Waals surface area contributed by atoms with Gasteiger partial charge in [0.25, 0.3) is 5.91 Å². The molecule has 3 aromatic rings. The number of aromatic amines is 1. The van der Waals surface area contributed by atoms with Crippen molar-refractivity contribution in [1.82, 2.24) is 41.0 Å². The first-order valence-corrected chi connectivity index (χ1v) is 11.1. The highest BCUT2D eigenvalue weighted by molar-refractivity contribution is 5.98. The third kappa shape index (κ3) is 5.01. The van der Waals surface area contributed by atoms with Crippen LogP contribution in [0.5, 0.6) is 0 Å². The summed E-state index contributed by atoms with van der Waals surface area (Å²) in [5.41, 5.74) is 1.27. The molecule has 0 aliphatic heterocycles. The second-order valence-electron chi connectivity index (χ2n) is 8.09. The summed E-state index contributed by atoms with van der Waals surface area (Å²) in [6.07, 6.45) is 8.58. The van der Waals surface area contributed by atoms with Gasteiger partial charge in [-0.1, -0.05) is 37.5 Å². The number of nitrogens with zero attached hydrogens (tertiary/aromatic N) is 5. The van der Waals surface area contributed by atoms with Crippen LogP contribution >= 0.6 is 0 Å². The maximum absolute atomic E-state index is 13.1. The van der Waals surface area contributed by atoms with Crippen molar-refractivity contribution >= 4 is 11.8 Å². The van der Waals surface area contributed by atoms with Gasteiger partial charge in [-0.25, -0.2) is 4.68 Å². The molecule has 168 valence electrons. The van der Waals surface area contributed by atoms with Gasteiger partial charge in [-0.15, -0.1) is 10.2 Å². The fourth-order valence-electron chi connectivity index (χ4n) is 4.18. The van der Waals surface area contributed by atoms with Crippen LogP contribution < -0.4 is 10.6 Å². The fraction of sp³-hybridized carbons (Fsp3) is 0.455. The number of hydrogen-bond acceptors (Lipinski definition) is 6. The quantitative estimate of drug-likeness (QED) is 0.471. The van der Waals surface area contributed by atoms with Crippen LogP contribution in [-0.4, -0.2) is 54.3 Å². The molecule has 2 heterocycles. The number of rotatable bonds is 9. The summed E-state index contributed by atoms with van der Waals surface area (Å²) >= 11 is 0. The number of unbranched alkanes of at least 4 members (excludes halogenated alkanes) is 1. The summed E-state index contributed by atoms with van der Waals surface area (Å²) in [6.45, 7) is 2.06. The Morgan fingerprint density at radius 2 is 2.19 bits per heavy atom. The van der Waals surface area contributed by atoms with E-state index in [0.717, 1.165) is 37.8 Å². The van der Waals surface area contributed by atoms with Crippen LogP contribution in [0.25, 0.3) is 5.69 Å². The van der Waals surface area contributed by atoms with E-state index in [2.05, 4.69) is 43.3 Å². The van der Waals surface area contributed by atoms with Crippen LogP contribution in [-0.2, 0) is 4.79 Å². The lowest BCUT2D eigenvalue weighted by molar-refractivity contribution is -0.124. The maximum Gasteiger partial charge on any atom is 0.252 e. The van der Waals surface area contributed by atoms with E-state index in [9.17, 15) is 9.59 Å². The van der Waals surface area contributed by atoms with Crippen molar-refractivity contribution in [3.63, 3.8) is 0 Å². The van der Waals surface area contributed by atoms with E-state index in [0.29, 0.717) is 17.8 Å². The van der Waals surface area contributed by atoms with E-state index >= 15 is 0 Å². The molecule has 4 rings (SSSR count). The smallest absolute Gasteiger partial charge is 0.252 e. The molecular weight excluding hydrogens is 408 g/mol.